The molecule has 0 aromatic carbocycles. The molecule has 0 aliphatic rings. The third-order valence-corrected chi connectivity index (χ3v) is 2.03. The molecule has 0 saturated carbocycles. The zero-order valence-electron chi connectivity index (χ0n) is 8.18. The van der Waals surface area contributed by atoms with Gasteiger partial charge in [0.05, 0.1) is 6.61 Å². The first kappa shape index (κ1) is 11.9. The molecule has 0 saturated heterocycles. The van der Waals surface area contributed by atoms with E-state index in [4.69, 9.17) is 9.84 Å². The van der Waals surface area contributed by atoms with E-state index in [1.54, 1.807) is 7.11 Å². The first-order valence-electron chi connectivity index (χ1n) is 4.65. The van der Waals surface area contributed by atoms with Gasteiger partial charge in [-0.2, -0.15) is 0 Å². The SMILES string of the molecule is CC[C@@H](CCOC)CNCCO. The summed E-state index contributed by atoms with van der Waals surface area (Å²) in [6.07, 6.45) is 2.27. The molecule has 3 nitrogen and oxygen atoms in total. The predicted octanol–water partition coefficient (Wildman–Crippen LogP) is 0.631. The largest absolute Gasteiger partial charge is 0.395 e. The van der Waals surface area contributed by atoms with E-state index in [1.807, 2.05) is 0 Å². The highest BCUT2D eigenvalue weighted by atomic mass is 16.5. The van der Waals surface area contributed by atoms with Crippen molar-refractivity contribution in [2.75, 3.05) is 33.4 Å². The number of aliphatic hydroxyl groups is 1. The number of aliphatic hydroxyl groups excluding tert-OH is 1. The molecule has 0 heterocycles. The monoisotopic (exact) mass is 175 g/mol. The molecule has 0 aliphatic carbocycles. The van der Waals surface area contributed by atoms with Crippen LogP contribution < -0.4 is 5.32 Å². The van der Waals surface area contributed by atoms with Crippen LogP contribution in [-0.2, 0) is 4.74 Å². The van der Waals surface area contributed by atoms with Gasteiger partial charge < -0.3 is 15.2 Å². The van der Waals surface area contributed by atoms with Crippen molar-refractivity contribution in [2.24, 2.45) is 5.92 Å². The summed E-state index contributed by atoms with van der Waals surface area (Å²) in [6, 6.07) is 0. The van der Waals surface area contributed by atoms with Crippen LogP contribution in [0.1, 0.15) is 19.8 Å². The van der Waals surface area contributed by atoms with E-state index in [0.29, 0.717) is 12.5 Å². The van der Waals surface area contributed by atoms with Crippen LogP contribution in [0.5, 0.6) is 0 Å². The maximum absolute atomic E-state index is 8.54. The lowest BCUT2D eigenvalue weighted by Crippen LogP contribution is -2.26. The zero-order chi connectivity index (χ0) is 9.23. The van der Waals surface area contributed by atoms with E-state index in [1.165, 1.54) is 6.42 Å². The van der Waals surface area contributed by atoms with Gasteiger partial charge in [-0.15, -0.1) is 0 Å². The van der Waals surface area contributed by atoms with Crippen LogP contribution in [0, 0.1) is 5.92 Å². The molecule has 0 amide bonds. The number of ether oxygens (including phenoxy) is 1. The Kier molecular flexibility index (Phi) is 8.88. The van der Waals surface area contributed by atoms with Crippen LogP contribution in [-0.4, -0.2) is 38.5 Å². The molecule has 0 rings (SSSR count). The molecule has 12 heavy (non-hydrogen) atoms. The Morgan fingerprint density at radius 2 is 2.25 bits per heavy atom. The van der Waals surface area contributed by atoms with Gasteiger partial charge in [0.1, 0.15) is 0 Å². The molecule has 0 aromatic rings. The minimum atomic E-state index is 0.223. The molecule has 0 unspecified atom stereocenters. The lowest BCUT2D eigenvalue weighted by atomic mass is 10.0. The minimum absolute atomic E-state index is 0.223. The highest BCUT2D eigenvalue weighted by Gasteiger charge is 2.04. The smallest absolute Gasteiger partial charge is 0.0555 e. The number of rotatable bonds is 8. The maximum Gasteiger partial charge on any atom is 0.0555 e. The van der Waals surface area contributed by atoms with Gasteiger partial charge in [-0.25, -0.2) is 0 Å². The van der Waals surface area contributed by atoms with Crippen LogP contribution in [0.3, 0.4) is 0 Å². The van der Waals surface area contributed by atoms with Gasteiger partial charge in [0.2, 0.25) is 0 Å². The normalized spacial score (nSPS) is 13.2. The van der Waals surface area contributed by atoms with Gasteiger partial charge in [-0.05, 0) is 18.9 Å². The fourth-order valence-electron chi connectivity index (χ4n) is 1.12. The van der Waals surface area contributed by atoms with Crippen molar-refractivity contribution in [2.45, 2.75) is 19.8 Å². The first-order chi connectivity index (χ1) is 5.85. The van der Waals surface area contributed by atoms with Gasteiger partial charge in [0.25, 0.3) is 0 Å². The molecule has 0 spiro atoms. The molecule has 2 N–H and O–H groups in total. The number of methoxy groups -OCH3 is 1. The van der Waals surface area contributed by atoms with Gasteiger partial charge in [-0.3, -0.25) is 0 Å². The Balaban J connectivity index is 3.26. The van der Waals surface area contributed by atoms with Crippen molar-refractivity contribution in [3.05, 3.63) is 0 Å². The standard InChI is InChI=1S/C9H21NO2/c1-3-9(4-7-12-2)8-10-5-6-11/h9-11H,3-8H2,1-2H3/t9-/m0/s1. The molecular weight excluding hydrogens is 154 g/mol. The quantitative estimate of drug-likeness (QED) is 0.532. The summed E-state index contributed by atoms with van der Waals surface area (Å²) in [5.74, 6) is 0.677. The van der Waals surface area contributed by atoms with Gasteiger partial charge in [0.15, 0.2) is 0 Å². The fourth-order valence-corrected chi connectivity index (χ4v) is 1.12. The van der Waals surface area contributed by atoms with E-state index in [2.05, 4.69) is 12.2 Å². The molecule has 0 bridgehead atoms. The van der Waals surface area contributed by atoms with Gasteiger partial charge in [0, 0.05) is 20.3 Å². The maximum atomic E-state index is 8.54. The molecule has 0 aromatic heterocycles. The van der Waals surface area contributed by atoms with E-state index in [0.717, 1.165) is 19.6 Å². The number of hydrogen-bond donors (Lipinski definition) is 2. The Labute approximate surface area is 75.1 Å². The third kappa shape index (κ3) is 6.58. The Morgan fingerprint density at radius 3 is 2.75 bits per heavy atom. The van der Waals surface area contributed by atoms with Crippen LogP contribution in [0.25, 0.3) is 0 Å². The Hall–Kier alpha value is -0.120. The van der Waals surface area contributed by atoms with E-state index >= 15 is 0 Å². The molecule has 74 valence electrons. The first-order valence-corrected chi connectivity index (χ1v) is 4.65. The summed E-state index contributed by atoms with van der Waals surface area (Å²) in [5, 5.41) is 11.7. The molecule has 0 radical (unpaired) electrons. The van der Waals surface area contributed by atoms with Crippen molar-refractivity contribution < 1.29 is 9.84 Å². The van der Waals surface area contributed by atoms with E-state index in [-0.39, 0.29) is 6.61 Å². The number of nitrogens with one attached hydrogen (secondary N) is 1. The fraction of sp³-hybridized carbons (Fsp3) is 1.00. The second-order valence-corrected chi connectivity index (χ2v) is 2.98. The third-order valence-electron chi connectivity index (χ3n) is 2.03. The van der Waals surface area contributed by atoms with Crippen molar-refractivity contribution in [3.63, 3.8) is 0 Å². The zero-order valence-corrected chi connectivity index (χ0v) is 8.18. The van der Waals surface area contributed by atoms with E-state index in [9.17, 15) is 0 Å². The predicted molar refractivity (Wildman–Crippen MR) is 50.2 cm³/mol. The van der Waals surface area contributed by atoms with Crippen LogP contribution >= 0.6 is 0 Å². The van der Waals surface area contributed by atoms with Crippen LogP contribution in [0.2, 0.25) is 0 Å². The average molecular weight is 175 g/mol. The minimum Gasteiger partial charge on any atom is -0.395 e. The van der Waals surface area contributed by atoms with Gasteiger partial charge >= 0.3 is 0 Å². The molecule has 0 aliphatic heterocycles. The molecular formula is C9H21NO2. The van der Waals surface area contributed by atoms with Crippen LogP contribution in [0.15, 0.2) is 0 Å². The second-order valence-electron chi connectivity index (χ2n) is 2.98. The summed E-state index contributed by atoms with van der Waals surface area (Å²) in [6.45, 7) is 4.92. The topological polar surface area (TPSA) is 41.5 Å². The van der Waals surface area contributed by atoms with Crippen molar-refractivity contribution in [1.82, 2.24) is 5.32 Å². The van der Waals surface area contributed by atoms with Crippen LogP contribution in [0.4, 0.5) is 0 Å². The van der Waals surface area contributed by atoms with Crippen molar-refractivity contribution >= 4 is 0 Å². The van der Waals surface area contributed by atoms with Gasteiger partial charge in [-0.1, -0.05) is 13.3 Å². The molecule has 1 atom stereocenters. The average Bonchev–Trinajstić information content (AvgIpc) is 2.11. The summed E-state index contributed by atoms with van der Waals surface area (Å²) >= 11 is 0. The Bertz CT molecular complexity index is 88.6. The summed E-state index contributed by atoms with van der Waals surface area (Å²) in [7, 11) is 1.73. The summed E-state index contributed by atoms with van der Waals surface area (Å²) in [5.41, 5.74) is 0. The molecule has 0 fully saturated rings. The number of hydrogen-bond acceptors (Lipinski definition) is 3. The lowest BCUT2D eigenvalue weighted by molar-refractivity contribution is 0.174. The highest BCUT2D eigenvalue weighted by Crippen LogP contribution is 2.05. The lowest BCUT2D eigenvalue weighted by Gasteiger charge is -2.14. The van der Waals surface area contributed by atoms with Crippen molar-refractivity contribution in [3.8, 4) is 0 Å². The summed E-state index contributed by atoms with van der Waals surface area (Å²) in [4.78, 5) is 0. The summed E-state index contributed by atoms with van der Waals surface area (Å²) < 4.78 is 5.00. The molecule has 3 heteroatoms. The highest BCUT2D eigenvalue weighted by molar-refractivity contribution is 4.60. The van der Waals surface area contributed by atoms with E-state index < -0.39 is 0 Å². The van der Waals surface area contributed by atoms with Crippen molar-refractivity contribution in [1.29, 1.82) is 0 Å². The Morgan fingerprint density at radius 1 is 1.50 bits per heavy atom. The second kappa shape index (κ2) is 8.97.